The molecule has 0 aliphatic carbocycles. The highest BCUT2D eigenvalue weighted by atomic mass is 16.2. The van der Waals surface area contributed by atoms with E-state index in [1.54, 1.807) is 24.3 Å². The van der Waals surface area contributed by atoms with Crippen LogP contribution in [-0.2, 0) is 6.42 Å². The molecule has 3 aromatic carbocycles. The zero-order chi connectivity index (χ0) is 20.8. The number of amides is 2. The van der Waals surface area contributed by atoms with Crippen LogP contribution in [-0.4, -0.2) is 28.2 Å². The molecule has 5 rings (SSSR count). The molecule has 0 saturated heterocycles. The first-order valence-electron chi connectivity index (χ1n) is 10.2. The van der Waals surface area contributed by atoms with Crippen molar-refractivity contribution in [3.63, 3.8) is 0 Å². The first kappa shape index (κ1) is 18.4. The normalized spacial score (nSPS) is 13.3. The summed E-state index contributed by atoms with van der Waals surface area (Å²) in [5, 5.41) is 1.13. The molecule has 4 aromatic rings. The molecule has 2 amide bonds. The number of carbonyl (C=O) groups is 2. The number of aromatic amines is 1. The molecular formula is C26H22N2O2. The summed E-state index contributed by atoms with van der Waals surface area (Å²) in [5.41, 5.74) is 7.85. The summed E-state index contributed by atoms with van der Waals surface area (Å²) >= 11 is 0. The number of imide groups is 1. The van der Waals surface area contributed by atoms with Gasteiger partial charge in [0.05, 0.1) is 16.8 Å². The van der Waals surface area contributed by atoms with Crippen LogP contribution in [0.25, 0.3) is 22.2 Å². The second-order valence-corrected chi connectivity index (χ2v) is 7.85. The van der Waals surface area contributed by atoms with Gasteiger partial charge >= 0.3 is 0 Å². The topological polar surface area (TPSA) is 53.2 Å². The molecule has 0 saturated carbocycles. The highest BCUT2D eigenvalue weighted by Crippen LogP contribution is 2.35. The summed E-state index contributed by atoms with van der Waals surface area (Å²) in [6.07, 6.45) is 0.596. The maximum Gasteiger partial charge on any atom is 0.261 e. The number of aromatic nitrogens is 1. The second kappa shape index (κ2) is 6.99. The van der Waals surface area contributed by atoms with Gasteiger partial charge in [-0.05, 0) is 55.2 Å². The number of hydrogen-bond acceptors (Lipinski definition) is 2. The maximum atomic E-state index is 12.8. The van der Waals surface area contributed by atoms with E-state index >= 15 is 0 Å². The fourth-order valence-corrected chi connectivity index (χ4v) is 4.55. The molecule has 0 radical (unpaired) electrons. The van der Waals surface area contributed by atoms with Gasteiger partial charge < -0.3 is 4.98 Å². The van der Waals surface area contributed by atoms with Gasteiger partial charge in [0.2, 0.25) is 0 Å². The van der Waals surface area contributed by atoms with Crippen LogP contribution in [0, 0.1) is 13.8 Å². The number of nitrogens with one attached hydrogen (secondary N) is 1. The molecule has 1 aliphatic heterocycles. The highest BCUT2D eigenvalue weighted by molar-refractivity contribution is 6.21. The number of H-pyrrole nitrogens is 1. The standard InChI is InChI=1S/C26H22N2O2/c1-16-8-7-9-17(2)23(16)24-19(18-10-5-6-13-22(18)27-24)14-15-28-25(29)20-11-3-4-12-21(20)26(28)30/h3-13,27H,14-15H2,1-2H3. The molecule has 4 heteroatoms. The Hall–Kier alpha value is -3.66. The van der Waals surface area contributed by atoms with Crippen molar-refractivity contribution in [2.24, 2.45) is 0 Å². The molecule has 0 atom stereocenters. The van der Waals surface area contributed by atoms with Crippen LogP contribution in [0.5, 0.6) is 0 Å². The Morgan fingerprint density at radius 3 is 2.03 bits per heavy atom. The number of aryl methyl sites for hydroxylation is 2. The summed E-state index contributed by atoms with van der Waals surface area (Å²) < 4.78 is 0. The summed E-state index contributed by atoms with van der Waals surface area (Å²) in [4.78, 5) is 30.5. The number of rotatable bonds is 4. The van der Waals surface area contributed by atoms with E-state index in [2.05, 4.69) is 49.2 Å². The quantitative estimate of drug-likeness (QED) is 0.478. The van der Waals surface area contributed by atoms with Crippen LogP contribution in [0.3, 0.4) is 0 Å². The molecule has 2 heterocycles. The lowest BCUT2D eigenvalue weighted by Crippen LogP contribution is -2.31. The number of para-hydroxylation sites is 1. The van der Waals surface area contributed by atoms with E-state index in [4.69, 9.17) is 0 Å². The van der Waals surface area contributed by atoms with Crippen LogP contribution < -0.4 is 0 Å². The lowest BCUT2D eigenvalue weighted by Gasteiger charge is -2.16. The summed E-state index contributed by atoms with van der Waals surface area (Å²) in [5.74, 6) is -0.409. The van der Waals surface area contributed by atoms with Gasteiger partial charge in [-0.25, -0.2) is 0 Å². The van der Waals surface area contributed by atoms with Crippen molar-refractivity contribution in [3.8, 4) is 11.3 Å². The van der Waals surface area contributed by atoms with Crippen molar-refractivity contribution in [3.05, 3.63) is 94.5 Å². The van der Waals surface area contributed by atoms with Crippen LogP contribution in [0.4, 0.5) is 0 Å². The van der Waals surface area contributed by atoms with Crippen molar-refractivity contribution < 1.29 is 9.59 Å². The Morgan fingerprint density at radius 1 is 0.767 bits per heavy atom. The molecule has 0 fully saturated rings. The maximum absolute atomic E-state index is 12.8. The Balaban J connectivity index is 1.56. The number of benzene rings is 3. The molecule has 0 bridgehead atoms. The zero-order valence-corrected chi connectivity index (χ0v) is 17.0. The van der Waals surface area contributed by atoms with E-state index < -0.39 is 0 Å². The fourth-order valence-electron chi connectivity index (χ4n) is 4.55. The smallest absolute Gasteiger partial charge is 0.261 e. The van der Waals surface area contributed by atoms with Crippen LogP contribution in [0.2, 0.25) is 0 Å². The average molecular weight is 394 g/mol. The predicted octanol–water partition coefficient (Wildman–Crippen LogP) is 5.29. The van der Waals surface area contributed by atoms with Crippen molar-refractivity contribution >= 4 is 22.7 Å². The van der Waals surface area contributed by atoms with E-state index in [1.807, 2.05) is 12.1 Å². The summed E-state index contributed by atoms with van der Waals surface area (Å²) in [7, 11) is 0. The Labute approximate surface area is 175 Å². The van der Waals surface area contributed by atoms with Gasteiger partial charge in [0.15, 0.2) is 0 Å². The first-order valence-corrected chi connectivity index (χ1v) is 10.2. The minimum atomic E-state index is -0.205. The van der Waals surface area contributed by atoms with Crippen molar-refractivity contribution in [1.29, 1.82) is 0 Å². The van der Waals surface area contributed by atoms with Crippen LogP contribution >= 0.6 is 0 Å². The largest absolute Gasteiger partial charge is 0.354 e. The van der Waals surface area contributed by atoms with Crippen LogP contribution in [0.1, 0.15) is 37.4 Å². The van der Waals surface area contributed by atoms with Gasteiger partial charge in [0.25, 0.3) is 11.8 Å². The molecule has 1 aliphatic rings. The van der Waals surface area contributed by atoms with Gasteiger partial charge in [0, 0.05) is 23.0 Å². The second-order valence-electron chi connectivity index (χ2n) is 7.85. The number of hydrogen-bond donors (Lipinski definition) is 1. The molecule has 4 nitrogen and oxygen atoms in total. The zero-order valence-electron chi connectivity index (χ0n) is 17.0. The van der Waals surface area contributed by atoms with Crippen LogP contribution in [0.15, 0.2) is 66.7 Å². The third-order valence-corrected chi connectivity index (χ3v) is 6.01. The molecule has 0 unspecified atom stereocenters. The summed E-state index contributed by atoms with van der Waals surface area (Å²) in [6.45, 7) is 4.58. The fraction of sp³-hybridized carbons (Fsp3) is 0.154. The van der Waals surface area contributed by atoms with Gasteiger partial charge in [-0.3, -0.25) is 14.5 Å². The molecule has 0 spiro atoms. The highest BCUT2D eigenvalue weighted by Gasteiger charge is 2.35. The number of carbonyl (C=O) groups excluding carboxylic acids is 2. The van der Waals surface area contributed by atoms with Gasteiger partial charge in [-0.2, -0.15) is 0 Å². The van der Waals surface area contributed by atoms with Crippen molar-refractivity contribution in [1.82, 2.24) is 9.88 Å². The minimum Gasteiger partial charge on any atom is -0.354 e. The molecule has 1 aromatic heterocycles. The molecule has 30 heavy (non-hydrogen) atoms. The average Bonchev–Trinajstić information content (AvgIpc) is 3.22. The summed E-state index contributed by atoms with van der Waals surface area (Å²) in [6, 6.07) is 21.5. The molecule has 1 N–H and O–H groups in total. The monoisotopic (exact) mass is 394 g/mol. The Morgan fingerprint density at radius 2 is 1.37 bits per heavy atom. The molecular weight excluding hydrogens is 372 g/mol. The van der Waals surface area contributed by atoms with Crippen molar-refractivity contribution in [2.75, 3.05) is 6.54 Å². The van der Waals surface area contributed by atoms with Gasteiger partial charge in [-0.15, -0.1) is 0 Å². The lowest BCUT2D eigenvalue weighted by molar-refractivity contribution is 0.0656. The third kappa shape index (κ3) is 2.76. The van der Waals surface area contributed by atoms with Gasteiger partial charge in [-0.1, -0.05) is 48.5 Å². The van der Waals surface area contributed by atoms with E-state index in [1.165, 1.54) is 21.6 Å². The predicted molar refractivity (Wildman–Crippen MR) is 119 cm³/mol. The van der Waals surface area contributed by atoms with Crippen molar-refractivity contribution in [2.45, 2.75) is 20.3 Å². The Bertz CT molecular complexity index is 1260. The number of nitrogens with zero attached hydrogens (tertiary/aromatic N) is 1. The number of fused-ring (bicyclic) bond motifs is 2. The molecule has 148 valence electrons. The Kier molecular flexibility index (Phi) is 4.28. The van der Waals surface area contributed by atoms with Gasteiger partial charge in [0.1, 0.15) is 0 Å². The van der Waals surface area contributed by atoms with E-state index in [-0.39, 0.29) is 11.8 Å². The SMILES string of the molecule is Cc1cccc(C)c1-c1[nH]c2ccccc2c1CCN1C(=O)c2ccccc2C1=O. The van der Waals surface area contributed by atoms with E-state index in [0.717, 1.165) is 22.2 Å². The minimum absolute atomic E-state index is 0.205. The third-order valence-electron chi connectivity index (χ3n) is 6.01. The van der Waals surface area contributed by atoms with E-state index in [9.17, 15) is 9.59 Å². The van der Waals surface area contributed by atoms with E-state index in [0.29, 0.717) is 24.1 Å². The first-order chi connectivity index (χ1) is 14.6. The lowest BCUT2D eigenvalue weighted by atomic mass is 9.95.